The van der Waals surface area contributed by atoms with Gasteiger partial charge in [0.25, 0.3) is 5.69 Å². The highest BCUT2D eigenvalue weighted by Crippen LogP contribution is 2.25. The second-order valence-electron chi connectivity index (χ2n) is 5.06. The first-order valence-electron chi connectivity index (χ1n) is 6.50. The number of nitro groups is 1. The van der Waals surface area contributed by atoms with E-state index in [9.17, 15) is 15.2 Å². The van der Waals surface area contributed by atoms with Crippen LogP contribution in [0.3, 0.4) is 0 Å². The minimum atomic E-state index is -0.642. The summed E-state index contributed by atoms with van der Waals surface area (Å²) in [6.07, 6.45) is 0.307. The third-order valence-corrected chi connectivity index (χ3v) is 3.65. The molecule has 0 amide bonds. The molecule has 0 spiro atoms. The Bertz CT molecular complexity index is 577. The molecule has 2 rings (SSSR count). The summed E-state index contributed by atoms with van der Waals surface area (Å²) in [6, 6.07) is 2.76. The van der Waals surface area contributed by atoms with Crippen molar-refractivity contribution in [2.24, 2.45) is 16.8 Å². The number of β-amino-alcohol motifs (C(OH)–C–C–N with tert-alkyl or cyclic N) is 1. The maximum Gasteiger partial charge on any atom is 0.298 e. The molecule has 21 heavy (non-hydrogen) atoms. The van der Waals surface area contributed by atoms with E-state index in [-0.39, 0.29) is 17.3 Å². The average Bonchev–Trinajstić information content (AvgIpc) is 2.48. The molecular weight excluding hydrogens is 278 g/mol. The van der Waals surface area contributed by atoms with Crippen molar-refractivity contribution in [1.82, 2.24) is 4.98 Å². The number of rotatable bonds is 3. The molecule has 2 unspecified atom stereocenters. The summed E-state index contributed by atoms with van der Waals surface area (Å²) >= 11 is 0. The Morgan fingerprint density at radius 1 is 1.62 bits per heavy atom. The number of amidine groups is 1. The van der Waals surface area contributed by atoms with E-state index in [0.29, 0.717) is 18.9 Å². The first-order valence-corrected chi connectivity index (χ1v) is 6.50. The molecule has 0 aliphatic carbocycles. The second kappa shape index (κ2) is 5.92. The molecule has 0 bridgehead atoms. The number of aliphatic hydroxyl groups excluding tert-OH is 1. The van der Waals surface area contributed by atoms with Crippen LogP contribution >= 0.6 is 0 Å². The van der Waals surface area contributed by atoms with E-state index < -0.39 is 16.9 Å². The average molecular weight is 295 g/mol. The first-order chi connectivity index (χ1) is 9.93. The zero-order chi connectivity index (χ0) is 15.6. The van der Waals surface area contributed by atoms with Gasteiger partial charge in [-0.3, -0.25) is 10.1 Å². The highest BCUT2D eigenvalue weighted by molar-refractivity contribution is 5.99. The van der Waals surface area contributed by atoms with Gasteiger partial charge in [0.15, 0.2) is 11.5 Å². The van der Waals surface area contributed by atoms with E-state index in [2.05, 4.69) is 10.1 Å². The minimum Gasteiger partial charge on any atom is -0.409 e. The van der Waals surface area contributed by atoms with Gasteiger partial charge >= 0.3 is 0 Å². The number of piperidine rings is 1. The van der Waals surface area contributed by atoms with Gasteiger partial charge in [-0.15, -0.1) is 0 Å². The topological polar surface area (TPSA) is 138 Å². The number of anilines is 1. The third-order valence-electron chi connectivity index (χ3n) is 3.65. The van der Waals surface area contributed by atoms with Crippen molar-refractivity contribution in [2.75, 3.05) is 18.0 Å². The monoisotopic (exact) mass is 295 g/mol. The van der Waals surface area contributed by atoms with Gasteiger partial charge in [0.1, 0.15) is 5.82 Å². The maximum atomic E-state index is 10.9. The number of oxime groups is 1. The Morgan fingerprint density at radius 2 is 2.33 bits per heavy atom. The van der Waals surface area contributed by atoms with Gasteiger partial charge in [-0.05, 0) is 18.4 Å². The van der Waals surface area contributed by atoms with Gasteiger partial charge < -0.3 is 20.9 Å². The number of hydrogen-bond donors (Lipinski definition) is 3. The number of nitrogens with two attached hydrogens (primary N) is 1. The minimum absolute atomic E-state index is 0.187. The van der Waals surface area contributed by atoms with E-state index >= 15 is 0 Å². The summed E-state index contributed by atoms with van der Waals surface area (Å²) in [5.74, 6) is 0.227. The lowest BCUT2D eigenvalue weighted by Gasteiger charge is -2.35. The lowest BCUT2D eigenvalue weighted by Crippen LogP contribution is -2.43. The molecule has 9 nitrogen and oxygen atoms in total. The zero-order valence-corrected chi connectivity index (χ0v) is 11.5. The van der Waals surface area contributed by atoms with Crippen molar-refractivity contribution in [2.45, 2.75) is 19.4 Å². The van der Waals surface area contributed by atoms with Gasteiger partial charge in [0.05, 0.1) is 11.0 Å². The van der Waals surface area contributed by atoms with Gasteiger partial charge in [-0.1, -0.05) is 12.1 Å². The van der Waals surface area contributed by atoms with Gasteiger partial charge in [0.2, 0.25) is 0 Å². The fourth-order valence-corrected chi connectivity index (χ4v) is 2.26. The predicted octanol–water partition coefficient (Wildman–Crippen LogP) is 0.291. The summed E-state index contributed by atoms with van der Waals surface area (Å²) < 4.78 is 0. The van der Waals surface area contributed by atoms with Gasteiger partial charge in [0, 0.05) is 19.2 Å². The Balaban J connectivity index is 2.36. The zero-order valence-electron chi connectivity index (χ0n) is 11.5. The Morgan fingerprint density at radius 3 is 2.90 bits per heavy atom. The van der Waals surface area contributed by atoms with Crippen molar-refractivity contribution < 1.29 is 15.2 Å². The van der Waals surface area contributed by atoms with Gasteiger partial charge in [-0.2, -0.15) is 0 Å². The smallest absolute Gasteiger partial charge is 0.298 e. The summed E-state index contributed by atoms with van der Waals surface area (Å²) in [6.45, 7) is 3.04. The van der Waals surface area contributed by atoms with Crippen LogP contribution in [-0.2, 0) is 0 Å². The van der Waals surface area contributed by atoms with Crippen LogP contribution in [0.5, 0.6) is 0 Å². The molecule has 1 aliphatic heterocycles. The van der Waals surface area contributed by atoms with E-state index in [1.807, 2.05) is 11.8 Å². The molecule has 2 heterocycles. The molecule has 0 radical (unpaired) electrons. The SMILES string of the molecule is CC1CCN(c2ccc([N+](=O)[O-])c(/C(N)=N/O)n2)CC1O. The highest BCUT2D eigenvalue weighted by atomic mass is 16.6. The largest absolute Gasteiger partial charge is 0.409 e. The predicted molar refractivity (Wildman–Crippen MR) is 75.4 cm³/mol. The Kier molecular flexibility index (Phi) is 4.22. The molecule has 0 saturated carbocycles. The third kappa shape index (κ3) is 3.02. The van der Waals surface area contributed by atoms with Crippen LogP contribution in [0.25, 0.3) is 0 Å². The van der Waals surface area contributed by atoms with Crippen LogP contribution in [0, 0.1) is 16.0 Å². The van der Waals surface area contributed by atoms with Crippen LogP contribution in [0.1, 0.15) is 19.0 Å². The molecule has 114 valence electrons. The molecule has 0 aromatic carbocycles. The molecular formula is C12H17N5O4. The molecule has 1 aromatic rings. The van der Waals surface area contributed by atoms with Crippen molar-refractivity contribution in [3.05, 3.63) is 27.9 Å². The molecule has 2 atom stereocenters. The van der Waals surface area contributed by atoms with Crippen molar-refractivity contribution >= 4 is 17.3 Å². The fraction of sp³-hybridized carbons (Fsp3) is 0.500. The molecule has 1 fully saturated rings. The second-order valence-corrected chi connectivity index (χ2v) is 5.06. The molecule has 1 saturated heterocycles. The number of nitrogens with zero attached hydrogens (tertiary/aromatic N) is 4. The van der Waals surface area contributed by atoms with Crippen molar-refractivity contribution in [3.8, 4) is 0 Å². The lowest BCUT2D eigenvalue weighted by atomic mass is 9.96. The molecule has 4 N–H and O–H groups in total. The lowest BCUT2D eigenvalue weighted by molar-refractivity contribution is -0.385. The standard InChI is InChI=1S/C12H17N5O4/c1-7-4-5-16(6-9(7)18)10-3-2-8(17(20)21)11(14-10)12(13)15-19/h2-3,7,9,18-19H,4-6H2,1H3,(H2,13,15). The van der Waals surface area contributed by atoms with Crippen LogP contribution in [0.4, 0.5) is 11.5 Å². The number of aromatic nitrogens is 1. The number of pyridine rings is 1. The van der Waals surface area contributed by atoms with Crippen LogP contribution in [0.15, 0.2) is 17.3 Å². The van der Waals surface area contributed by atoms with E-state index in [1.165, 1.54) is 12.1 Å². The van der Waals surface area contributed by atoms with Gasteiger partial charge in [-0.25, -0.2) is 4.98 Å². The Labute approximate surface area is 120 Å². The summed E-state index contributed by atoms with van der Waals surface area (Å²) in [5, 5.41) is 32.3. The van der Waals surface area contributed by atoms with Crippen LogP contribution in [-0.4, -0.2) is 45.3 Å². The summed E-state index contributed by atoms with van der Waals surface area (Å²) in [4.78, 5) is 16.2. The van der Waals surface area contributed by atoms with Crippen molar-refractivity contribution in [3.63, 3.8) is 0 Å². The summed E-state index contributed by atoms with van der Waals surface area (Å²) in [7, 11) is 0. The van der Waals surface area contributed by atoms with E-state index in [4.69, 9.17) is 10.9 Å². The van der Waals surface area contributed by atoms with Crippen LogP contribution in [0.2, 0.25) is 0 Å². The van der Waals surface area contributed by atoms with E-state index in [1.54, 1.807) is 0 Å². The van der Waals surface area contributed by atoms with E-state index in [0.717, 1.165) is 6.42 Å². The normalized spacial score (nSPS) is 23.1. The first kappa shape index (κ1) is 15.0. The quantitative estimate of drug-likeness (QED) is 0.239. The number of aliphatic hydroxyl groups is 1. The van der Waals surface area contributed by atoms with Crippen LogP contribution < -0.4 is 10.6 Å². The summed E-state index contributed by atoms with van der Waals surface area (Å²) in [5.41, 5.74) is 4.93. The number of hydrogen-bond acceptors (Lipinski definition) is 7. The molecule has 1 aliphatic rings. The molecule has 1 aromatic heterocycles. The van der Waals surface area contributed by atoms with Crippen molar-refractivity contribution in [1.29, 1.82) is 0 Å². The maximum absolute atomic E-state index is 10.9. The Hall–Kier alpha value is -2.42. The molecule has 9 heteroatoms. The fourth-order valence-electron chi connectivity index (χ4n) is 2.26. The highest BCUT2D eigenvalue weighted by Gasteiger charge is 2.27.